The maximum atomic E-state index is 8.49. The van der Waals surface area contributed by atoms with Crippen LogP contribution in [0.2, 0.25) is 0 Å². The summed E-state index contributed by atoms with van der Waals surface area (Å²) < 4.78 is 103. The summed E-state index contributed by atoms with van der Waals surface area (Å²) in [5.74, 6) is 2.31. The van der Waals surface area contributed by atoms with Crippen LogP contribution in [-0.2, 0) is 17.1 Å². The second kappa shape index (κ2) is 26.4. The van der Waals surface area contributed by atoms with E-state index >= 15 is 0 Å². The number of rotatable bonds is 12. The fourth-order valence-electron chi connectivity index (χ4n) is 2.73. The third kappa shape index (κ3) is 41.4. The first-order valence-corrected chi connectivity index (χ1v) is 15.1. The molecule has 0 amide bonds. The first-order chi connectivity index (χ1) is 20.2. The van der Waals surface area contributed by atoms with Crippen molar-refractivity contribution in [3.8, 4) is 0 Å². The smallest absolute Gasteiger partial charge is 0.412 e. The number of aliphatic imine (C=N–C) groups is 3. The van der Waals surface area contributed by atoms with Crippen molar-refractivity contribution in [2.45, 2.75) is 0 Å². The van der Waals surface area contributed by atoms with Crippen molar-refractivity contribution in [1.29, 1.82) is 0 Å². The summed E-state index contributed by atoms with van der Waals surface area (Å²) in [5, 5.41) is 0. The van der Waals surface area contributed by atoms with Gasteiger partial charge >= 0.3 is 17.1 Å². The van der Waals surface area contributed by atoms with E-state index in [0.717, 1.165) is 41.6 Å². The van der Waals surface area contributed by atoms with Crippen molar-refractivity contribution < 1.29 is 119 Å². The van der Waals surface area contributed by atoms with Gasteiger partial charge in [-0.1, -0.05) is 0 Å². The van der Waals surface area contributed by atoms with Gasteiger partial charge in [0.1, 0.15) is 17.5 Å². The van der Waals surface area contributed by atoms with Gasteiger partial charge in [-0.2, -0.15) is 0 Å². The Morgan fingerprint density at radius 1 is 0.553 bits per heavy atom. The Labute approximate surface area is 283 Å². The average molecular weight is 786 g/mol. The van der Waals surface area contributed by atoms with Gasteiger partial charge in [0.25, 0.3) is 0 Å². The molecule has 3 rings (SSSR count). The molecule has 0 aromatic carbocycles. The van der Waals surface area contributed by atoms with E-state index in [9.17, 15) is 0 Å². The van der Waals surface area contributed by atoms with Crippen LogP contribution < -0.4 is 55.9 Å². The summed E-state index contributed by atoms with van der Waals surface area (Å²) in [7, 11) is -12.6. The Kier molecular flexibility index (Phi) is 28.8. The number of halogens is 3. The Morgan fingerprint density at radius 2 is 0.766 bits per heavy atom. The van der Waals surface area contributed by atoms with Gasteiger partial charge < -0.3 is 30.4 Å². The molecule has 0 aliphatic rings. The number of nitrogens with one attached hydrogen (secondary N) is 3. The van der Waals surface area contributed by atoms with E-state index < -0.39 is 30.7 Å². The van der Waals surface area contributed by atoms with E-state index in [1.165, 1.54) is 0 Å². The third-order valence-electron chi connectivity index (χ3n) is 4.51. The van der Waals surface area contributed by atoms with E-state index in [1.54, 1.807) is 55.8 Å². The van der Waals surface area contributed by atoms with Crippen LogP contribution >= 0.6 is 0 Å². The molecule has 0 radical (unpaired) electrons. The molecular formula is C19H31Cl3FeN10O14. The standard InChI is InChI=1S/C19H27N10.3ClHO4.Fe.2H2O/c1-29(11-8-20-14-17-23-2-3-24-17,12-9-21-15-18-25-4-5-26-18)13-10-22-16-19-27-6-7-28-19;3*2-1(3,4)5;;;/h2-7,14-16H,8-13H2,1H3,(H,23,24)(H,25,26)(H,27,28);3*(H,2,3,4,5);;2*1H2/q+1;;;;+2;;/p-3. The summed E-state index contributed by atoms with van der Waals surface area (Å²) in [5.41, 5.74) is 0. The van der Waals surface area contributed by atoms with Gasteiger partial charge in [-0.15, -0.1) is 30.7 Å². The summed E-state index contributed by atoms with van der Waals surface area (Å²) in [6, 6.07) is 0. The predicted molar refractivity (Wildman–Crippen MR) is 121 cm³/mol. The number of likely N-dealkylation sites (N-methyl/N-ethyl adjacent to an activating group) is 1. The molecule has 28 heteroatoms. The van der Waals surface area contributed by atoms with Gasteiger partial charge in [-0.05, 0) is 0 Å². The fourth-order valence-corrected chi connectivity index (χ4v) is 2.73. The summed E-state index contributed by atoms with van der Waals surface area (Å²) in [6.45, 7) is 4.81. The van der Waals surface area contributed by atoms with Crippen molar-refractivity contribution in [3.63, 3.8) is 0 Å². The molecule has 3 heterocycles. The maximum Gasteiger partial charge on any atom is 2.00 e. The van der Waals surface area contributed by atoms with Gasteiger partial charge in [-0.3, -0.25) is 15.0 Å². The fraction of sp³-hybridized carbons (Fsp3) is 0.368. The number of hydrogen-bond donors (Lipinski definition) is 3. The molecule has 0 spiro atoms. The molecule has 24 nitrogen and oxygen atoms in total. The predicted octanol–water partition coefficient (Wildman–Crippen LogP) is -15.0. The molecule has 3 aromatic rings. The number of nitrogens with zero attached hydrogens (tertiary/aromatic N) is 7. The first kappa shape index (κ1) is 51.3. The molecule has 0 saturated carbocycles. The molecule has 0 bridgehead atoms. The third-order valence-corrected chi connectivity index (χ3v) is 4.51. The Morgan fingerprint density at radius 3 is 0.936 bits per heavy atom. The van der Waals surface area contributed by atoms with Gasteiger partial charge in [-0.25, -0.2) is 70.9 Å². The minimum absolute atomic E-state index is 0. The second-order valence-corrected chi connectivity index (χ2v) is 10.2. The van der Waals surface area contributed by atoms with Crippen LogP contribution in [0, 0.1) is 30.7 Å². The average Bonchev–Trinajstić information content (AvgIpc) is 3.64. The summed E-state index contributed by atoms with van der Waals surface area (Å²) >= 11 is 0. The van der Waals surface area contributed by atoms with Crippen LogP contribution in [0.5, 0.6) is 0 Å². The van der Waals surface area contributed by atoms with E-state index in [-0.39, 0.29) is 28.0 Å². The minimum atomic E-state index is -4.94. The normalized spacial score (nSPS) is 12.7. The van der Waals surface area contributed by atoms with Crippen LogP contribution in [-0.4, -0.2) is 110 Å². The Bertz CT molecular complexity index is 1030. The van der Waals surface area contributed by atoms with Crippen molar-refractivity contribution >= 4 is 18.6 Å². The zero-order valence-electron chi connectivity index (χ0n) is 24.0. The number of quaternary nitrogens is 1. The summed E-state index contributed by atoms with van der Waals surface area (Å²) in [4.78, 5) is 35.0. The van der Waals surface area contributed by atoms with Gasteiger partial charge in [0.2, 0.25) is 0 Å². The van der Waals surface area contributed by atoms with Crippen LogP contribution in [0.15, 0.2) is 52.2 Å². The van der Waals surface area contributed by atoms with Crippen LogP contribution in [0.25, 0.3) is 0 Å². The zero-order valence-corrected chi connectivity index (χ0v) is 27.3. The van der Waals surface area contributed by atoms with E-state index in [1.807, 2.05) is 0 Å². The molecule has 0 fully saturated rings. The molecule has 0 aliphatic carbocycles. The Balaban J connectivity index is -0.000000432. The molecule has 0 saturated heterocycles. The number of aromatic nitrogens is 6. The van der Waals surface area contributed by atoms with Gasteiger partial charge in [0.15, 0.2) is 0 Å². The van der Waals surface area contributed by atoms with Crippen molar-refractivity contribution in [2.75, 3.05) is 46.3 Å². The monoisotopic (exact) mass is 784 g/mol. The zero-order chi connectivity index (χ0) is 33.7. The van der Waals surface area contributed by atoms with E-state index in [4.69, 9.17) is 55.9 Å². The molecular weight excluding hydrogens is 754 g/mol. The van der Waals surface area contributed by atoms with Crippen LogP contribution in [0.4, 0.5) is 0 Å². The first-order valence-electron chi connectivity index (χ1n) is 11.4. The molecule has 7 N–H and O–H groups in total. The number of aromatic amines is 3. The van der Waals surface area contributed by atoms with E-state index in [0.29, 0.717) is 19.6 Å². The van der Waals surface area contributed by atoms with E-state index in [2.05, 4.69) is 51.9 Å². The maximum absolute atomic E-state index is 8.49. The molecule has 0 aliphatic heterocycles. The second-order valence-electron chi connectivity index (χ2n) is 7.95. The molecule has 47 heavy (non-hydrogen) atoms. The topological polar surface area (TPSA) is 463 Å². The van der Waals surface area contributed by atoms with Gasteiger partial charge in [0.05, 0.1) is 65.0 Å². The Hall–Kier alpha value is -2.57. The minimum Gasteiger partial charge on any atom is -0.412 e. The molecule has 3 aromatic heterocycles. The summed E-state index contributed by atoms with van der Waals surface area (Å²) in [6.07, 6.45) is 15.8. The van der Waals surface area contributed by atoms with Crippen molar-refractivity contribution in [3.05, 3.63) is 54.7 Å². The number of hydrogen-bond acceptors (Lipinski definition) is 18. The van der Waals surface area contributed by atoms with Crippen LogP contribution in [0.3, 0.4) is 0 Å². The number of imidazole rings is 3. The van der Waals surface area contributed by atoms with Crippen molar-refractivity contribution in [1.82, 2.24) is 29.9 Å². The SMILES string of the molecule is C[N+](CCN=Cc1ncc[nH]1)(CCN=Cc1ncc[nH]1)CCN=Cc1ncc[nH]1.O.O.[Fe+2].[O-][Cl+3]([O-])([O-])[O-].[O-][Cl+3]([O-])([O-])[O-].[O-][Cl+3]([O-])([O-])[O-]. The number of H-pyrrole nitrogens is 3. The van der Waals surface area contributed by atoms with Crippen molar-refractivity contribution in [2.24, 2.45) is 15.0 Å². The quantitative estimate of drug-likeness (QED) is 0.0872. The van der Waals surface area contributed by atoms with Crippen LogP contribution in [0.1, 0.15) is 17.5 Å². The largest absolute Gasteiger partial charge is 2.00 e. The molecule has 0 atom stereocenters. The molecule has 270 valence electrons. The van der Waals surface area contributed by atoms with Gasteiger partial charge in [0, 0.05) is 37.2 Å². The molecule has 0 unspecified atom stereocenters.